The van der Waals surface area contributed by atoms with Gasteiger partial charge in [-0.2, -0.15) is 26.3 Å². The third-order valence-corrected chi connectivity index (χ3v) is 20.4. The Morgan fingerprint density at radius 3 is 0.415 bits per heavy atom. The summed E-state index contributed by atoms with van der Waals surface area (Å²) in [7, 11) is -12.2. The molecule has 0 spiro atoms. The predicted molar refractivity (Wildman–Crippen MR) is 463 cm³/mol. The molecule has 0 N–H and O–H groups in total. The molecule has 0 fully saturated rings. The molecule has 4 aromatic heterocycles. The quantitative estimate of drug-likeness (QED) is 0.0230. The minimum Gasteiger partial charge on any atom is -0.741 e. The Morgan fingerprint density at radius 2 is 0.350 bits per heavy atom. The minimum atomic E-state index is -6.09. The van der Waals surface area contributed by atoms with Crippen LogP contribution in [-0.4, -0.2) is 102 Å². The number of imidazole rings is 4. The zero-order valence-corrected chi connectivity index (χ0v) is 70.4. The predicted octanol–water partition coefficient (Wildman–Crippen LogP) is 21.1. The molecule has 0 radical (unpaired) electrons. The van der Waals surface area contributed by atoms with Gasteiger partial charge < -0.3 is 36.8 Å². The number of nitrogens with zero attached hydrogens (tertiary/aromatic N) is 8. The van der Waals surface area contributed by atoms with Crippen LogP contribution in [0.15, 0.2) is 439 Å². The molecule has 0 unspecified atom stereocenters. The Bertz CT molecular complexity index is 4690. The van der Waals surface area contributed by atoms with Gasteiger partial charge in [-0.25, -0.2) is 36.8 Å². The molecule has 0 bridgehead atoms. The monoisotopic (exact) mass is 1740 g/mol. The number of benzene rings is 12. The average Bonchev–Trinajstić information content (AvgIpc) is 1.75. The van der Waals surface area contributed by atoms with Crippen LogP contribution in [-0.2, 0) is 68.9 Å². The molecule has 16 rings (SSSR count). The number of ether oxygens (including phenoxy) is 2. The number of rotatable bonds is 20. The standard InChI is InChI=1S/4C22H18N2.2C4H10O.2CHF3O3S.Fe/c4*1-4-10-19(11-5-1)22(24-17-16-23-18-24,20-12-6-2-7-13-20)21-14-8-3-9-15-21;2*1-3-5-4-2;2*2-1(3,4)8(5,6)7;/h4*1-18H;2*3-4H2,1-2H3;2*(H,5,6,7);/q;;;;;;;;+2/p-2. The van der Waals surface area contributed by atoms with Crippen molar-refractivity contribution in [3.05, 3.63) is 506 Å². The van der Waals surface area contributed by atoms with Crippen LogP contribution in [0.1, 0.15) is 94.5 Å². The first-order chi connectivity index (χ1) is 59.0. The summed E-state index contributed by atoms with van der Waals surface area (Å²) in [5.41, 5.74) is 1.44. The van der Waals surface area contributed by atoms with Gasteiger partial charge in [0.25, 0.3) is 0 Å². The smallest absolute Gasteiger partial charge is 0.741 e. The number of aromatic nitrogens is 8. The molecule has 0 saturated carbocycles. The van der Waals surface area contributed by atoms with Crippen LogP contribution in [0.5, 0.6) is 0 Å². The van der Waals surface area contributed by atoms with Crippen molar-refractivity contribution >= 4 is 20.2 Å². The fourth-order valence-corrected chi connectivity index (χ4v) is 14.2. The molecule has 16 aromatic rings. The number of hydrogen-bond donors (Lipinski definition) is 0. The van der Waals surface area contributed by atoms with Crippen molar-refractivity contribution in [3.63, 3.8) is 0 Å². The van der Waals surface area contributed by atoms with Crippen LogP contribution < -0.4 is 0 Å². The van der Waals surface area contributed by atoms with Gasteiger partial charge in [0.1, 0.15) is 22.2 Å². The SMILES string of the molecule is CCOCC.CCOCC.O=S(=O)([O-])C(F)(F)F.O=S(=O)([O-])C(F)(F)F.[Fe+2].c1ccc(C(c2ccccc2)(c2ccccc2)n2ccnc2)cc1.c1ccc(C(c2ccccc2)(c2ccccc2)n2ccnc2)cc1.c1ccc(C(c2ccccc2)(c2ccccc2)n2ccnc2)cc1.c1ccc(C(c2ccccc2)(c2ccccc2)n2ccnc2)cc1. The van der Waals surface area contributed by atoms with E-state index >= 15 is 0 Å². The first kappa shape index (κ1) is 95.8. The van der Waals surface area contributed by atoms with Gasteiger partial charge in [0.05, 0.1) is 25.3 Å². The van der Waals surface area contributed by atoms with E-state index in [1.54, 1.807) is 0 Å². The summed E-state index contributed by atoms with van der Waals surface area (Å²) < 4.78 is 136. The van der Waals surface area contributed by atoms with Crippen molar-refractivity contribution in [2.75, 3.05) is 26.4 Å². The third-order valence-electron chi connectivity index (χ3n) is 19.2. The summed E-state index contributed by atoms with van der Waals surface area (Å²) in [5.74, 6) is 0. The van der Waals surface area contributed by atoms with Crippen LogP contribution >= 0.6 is 0 Å². The molecule has 12 aromatic carbocycles. The van der Waals surface area contributed by atoms with E-state index in [-0.39, 0.29) is 17.1 Å². The number of alkyl halides is 6. The molecule has 25 heteroatoms. The van der Waals surface area contributed by atoms with E-state index in [0.29, 0.717) is 0 Å². The van der Waals surface area contributed by atoms with E-state index in [1.165, 1.54) is 66.8 Å². The average molecular weight is 1740 g/mol. The van der Waals surface area contributed by atoms with Crippen molar-refractivity contribution in [1.29, 1.82) is 0 Å². The Labute approximate surface area is 725 Å². The summed E-state index contributed by atoms with van der Waals surface area (Å²) in [6.07, 6.45) is 23.1. The van der Waals surface area contributed by atoms with E-state index in [0.717, 1.165) is 26.4 Å². The van der Waals surface area contributed by atoms with Crippen LogP contribution in [0.4, 0.5) is 26.3 Å². The zero-order chi connectivity index (χ0) is 87.2. The first-order valence-electron chi connectivity index (χ1n) is 38.8. The van der Waals surface area contributed by atoms with Crippen LogP contribution in [0.3, 0.4) is 0 Å². The molecule has 4 heterocycles. The minimum absolute atomic E-state index is 0. The van der Waals surface area contributed by atoms with Crippen molar-refractivity contribution in [2.24, 2.45) is 0 Å². The molecule has 0 aliphatic rings. The van der Waals surface area contributed by atoms with Crippen molar-refractivity contribution < 1.29 is 78.8 Å². The third kappa shape index (κ3) is 23.9. The molecule has 0 atom stereocenters. The summed E-state index contributed by atoms with van der Waals surface area (Å²) in [5, 5.41) is 0. The maximum atomic E-state index is 10.7. The van der Waals surface area contributed by atoms with Gasteiger partial charge in [0.2, 0.25) is 0 Å². The Balaban J connectivity index is 0.000000185. The van der Waals surface area contributed by atoms with E-state index in [9.17, 15) is 26.3 Å². The molecule has 0 amide bonds. The van der Waals surface area contributed by atoms with E-state index in [1.807, 2.05) is 103 Å². The van der Waals surface area contributed by atoms with Crippen LogP contribution in [0, 0.1) is 0 Å². The second-order valence-electron chi connectivity index (χ2n) is 26.5. The van der Waals surface area contributed by atoms with Gasteiger partial charge in [-0.1, -0.05) is 364 Å². The van der Waals surface area contributed by atoms with Gasteiger partial charge in [-0.15, -0.1) is 0 Å². The maximum absolute atomic E-state index is 10.7. The van der Waals surface area contributed by atoms with Gasteiger partial charge >= 0.3 is 28.1 Å². The molecule has 0 saturated heterocycles. The van der Waals surface area contributed by atoms with E-state index < -0.39 is 53.4 Å². The molecule has 123 heavy (non-hydrogen) atoms. The van der Waals surface area contributed by atoms with Crippen LogP contribution in [0.2, 0.25) is 0 Å². The Morgan fingerprint density at radius 1 is 0.244 bits per heavy atom. The van der Waals surface area contributed by atoms with Crippen LogP contribution in [0.25, 0.3) is 0 Å². The molecule has 16 nitrogen and oxygen atoms in total. The molecular weight excluding hydrogens is 1650 g/mol. The Kier molecular flexibility index (Phi) is 36.5. The van der Waals surface area contributed by atoms with E-state index in [4.69, 9.17) is 35.4 Å². The van der Waals surface area contributed by atoms with Crippen molar-refractivity contribution in [3.8, 4) is 0 Å². The maximum Gasteiger partial charge on any atom is 2.00 e. The summed E-state index contributed by atoms with van der Waals surface area (Å²) in [6.45, 7) is 11.3. The second-order valence-corrected chi connectivity index (χ2v) is 29.2. The molecule has 634 valence electrons. The zero-order valence-electron chi connectivity index (χ0n) is 67.7. The van der Waals surface area contributed by atoms with Gasteiger partial charge in [-0.05, 0) is 94.5 Å². The van der Waals surface area contributed by atoms with Gasteiger partial charge in [-0.3, -0.25) is 0 Å². The van der Waals surface area contributed by atoms with Crippen molar-refractivity contribution in [2.45, 2.75) is 60.9 Å². The molecule has 0 aliphatic heterocycles. The second kappa shape index (κ2) is 46.9. The van der Waals surface area contributed by atoms with E-state index in [2.05, 4.69) is 402 Å². The number of halogens is 6. The summed E-state index contributed by atoms with van der Waals surface area (Å²) in [4.78, 5) is 17.3. The van der Waals surface area contributed by atoms with Crippen molar-refractivity contribution in [1.82, 2.24) is 38.2 Å². The summed E-state index contributed by atoms with van der Waals surface area (Å²) >= 11 is 0. The van der Waals surface area contributed by atoms with Gasteiger partial charge in [0, 0.05) is 76.0 Å². The van der Waals surface area contributed by atoms with Gasteiger partial charge in [0.15, 0.2) is 20.2 Å². The normalized spacial score (nSPS) is 11.3. The fraction of sp³-hybridized carbons (Fsp3) is 0.143. The fourth-order valence-electron chi connectivity index (χ4n) is 14.2. The summed E-state index contributed by atoms with van der Waals surface area (Å²) in [6, 6.07) is 127. The molecular formula is C98H92F6FeN8O8S2. The molecule has 0 aliphatic carbocycles. The number of hydrogen-bond acceptors (Lipinski definition) is 12. The first-order valence-corrected chi connectivity index (χ1v) is 41.6. The largest absolute Gasteiger partial charge is 2.00 e. The Hall–Kier alpha value is -12.7. The topological polar surface area (TPSA) is 204 Å².